The summed E-state index contributed by atoms with van der Waals surface area (Å²) in [5, 5.41) is 3.25. The SMILES string of the molecule is NC(N[C@@H](N)c1cccc(-c2ccccc2)c1)c1ccccc1. The van der Waals surface area contributed by atoms with Crippen molar-refractivity contribution in [2.75, 3.05) is 0 Å². The van der Waals surface area contributed by atoms with E-state index < -0.39 is 0 Å². The molecule has 0 bridgehead atoms. The molecule has 116 valence electrons. The molecule has 3 rings (SSSR count). The molecule has 23 heavy (non-hydrogen) atoms. The van der Waals surface area contributed by atoms with E-state index in [0.717, 1.165) is 16.7 Å². The number of hydrogen-bond donors (Lipinski definition) is 3. The lowest BCUT2D eigenvalue weighted by atomic mass is 10.0. The molecule has 3 nitrogen and oxygen atoms in total. The standard InChI is InChI=1S/C20H21N3/c21-19(16-10-5-2-6-11-16)23-20(22)18-13-7-12-17(14-18)15-8-3-1-4-9-15/h1-14,19-20,23H,21-22H2/t19?,20-/m1/s1. The third kappa shape index (κ3) is 3.85. The summed E-state index contributed by atoms with van der Waals surface area (Å²) in [6.45, 7) is 0. The van der Waals surface area contributed by atoms with E-state index in [-0.39, 0.29) is 12.3 Å². The van der Waals surface area contributed by atoms with Crippen LogP contribution in [-0.4, -0.2) is 0 Å². The van der Waals surface area contributed by atoms with Crippen LogP contribution in [0.5, 0.6) is 0 Å². The van der Waals surface area contributed by atoms with Gasteiger partial charge in [0.25, 0.3) is 0 Å². The highest BCUT2D eigenvalue weighted by Gasteiger charge is 2.12. The van der Waals surface area contributed by atoms with E-state index in [2.05, 4.69) is 29.6 Å². The zero-order chi connectivity index (χ0) is 16.1. The van der Waals surface area contributed by atoms with Gasteiger partial charge < -0.3 is 11.5 Å². The number of hydrogen-bond acceptors (Lipinski definition) is 3. The van der Waals surface area contributed by atoms with E-state index in [1.165, 1.54) is 5.56 Å². The molecule has 0 saturated heterocycles. The maximum atomic E-state index is 6.29. The summed E-state index contributed by atoms with van der Waals surface area (Å²) in [6.07, 6.45) is -0.625. The van der Waals surface area contributed by atoms with Gasteiger partial charge in [0.15, 0.2) is 0 Å². The van der Waals surface area contributed by atoms with Gasteiger partial charge in [-0.25, -0.2) is 0 Å². The molecule has 0 aromatic heterocycles. The van der Waals surface area contributed by atoms with Gasteiger partial charge in [0.1, 0.15) is 0 Å². The van der Waals surface area contributed by atoms with Crippen LogP contribution in [0.1, 0.15) is 23.5 Å². The molecule has 0 fully saturated rings. The lowest BCUT2D eigenvalue weighted by molar-refractivity contribution is 0.464. The molecule has 2 atom stereocenters. The van der Waals surface area contributed by atoms with Crippen LogP contribution in [-0.2, 0) is 0 Å². The van der Waals surface area contributed by atoms with Gasteiger partial charge in [-0.15, -0.1) is 0 Å². The predicted molar refractivity (Wildman–Crippen MR) is 95.3 cm³/mol. The van der Waals surface area contributed by atoms with Crippen LogP contribution in [0.4, 0.5) is 0 Å². The summed E-state index contributed by atoms with van der Waals surface area (Å²) in [6, 6.07) is 28.4. The maximum Gasteiger partial charge on any atom is 0.0824 e. The molecule has 0 spiro atoms. The average molecular weight is 303 g/mol. The Balaban J connectivity index is 1.76. The van der Waals surface area contributed by atoms with E-state index >= 15 is 0 Å². The minimum atomic E-state index is -0.325. The zero-order valence-electron chi connectivity index (χ0n) is 12.9. The fraction of sp³-hybridized carbons (Fsp3) is 0.100. The van der Waals surface area contributed by atoms with Crippen LogP contribution < -0.4 is 16.8 Å². The highest BCUT2D eigenvalue weighted by molar-refractivity contribution is 5.64. The van der Waals surface area contributed by atoms with Gasteiger partial charge >= 0.3 is 0 Å². The number of benzene rings is 3. The molecule has 0 aliphatic rings. The van der Waals surface area contributed by atoms with Crippen molar-refractivity contribution in [2.45, 2.75) is 12.3 Å². The first-order valence-electron chi connectivity index (χ1n) is 7.71. The molecular weight excluding hydrogens is 282 g/mol. The van der Waals surface area contributed by atoms with Crippen LogP contribution in [0.15, 0.2) is 84.9 Å². The van der Waals surface area contributed by atoms with Crippen molar-refractivity contribution in [1.29, 1.82) is 0 Å². The fourth-order valence-electron chi connectivity index (χ4n) is 2.59. The van der Waals surface area contributed by atoms with Crippen molar-refractivity contribution in [3.05, 3.63) is 96.1 Å². The van der Waals surface area contributed by atoms with Crippen molar-refractivity contribution in [1.82, 2.24) is 5.32 Å². The van der Waals surface area contributed by atoms with E-state index in [0.29, 0.717) is 0 Å². The Morgan fingerprint density at radius 1 is 0.565 bits per heavy atom. The Labute approximate surface area is 137 Å². The van der Waals surface area contributed by atoms with Gasteiger partial charge in [0.05, 0.1) is 12.3 Å². The molecule has 0 aliphatic heterocycles. The second-order valence-electron chi connectivity index (χ2n) is 5.52. The van der Waals surface area contributed by atoms with Gasteiger partial charge in [0, 0.05) is 0 Å². The third-order valence-electron chi connectivity index (χ3n) is 3.87. The minimum Gasteiger partial charge on any atom is -0.312 e. The first kappa shape index (κ1) is 15.4. The minimum absolute atomic E-state index is 0.299. The number of nitrogens with two attached hydrogens (primary N) is 2. The Morgan fingerprint density at radius 2 is 1.09 bits per heavy atom. The van der Waals surface area contributed by atoms with Gasteiger partial charge in [-0.2, -0.15) is 0 Å². The maximum absolute atomic E-state index is 6.29. The molecule has 5 N–H and O–H groups in total. The van der Waals surface area contributed by atoms with Crippen molar-refractivity contribution >= 4 is 0 Å². The van der Waals surface area contributed by atoms with Crippen molar-refractivity contribution in [3.8, 4) is 11.1 Å². The second kappa shape index (κ2) is 7.20. The average Bonchev–Trinajstić information content (AvgIpc) is 2.63. The predicted octanol–water partition coefficient (Wildman–Crippen LogP) is 3.56. The molecule has 0 amide bonds. The summed E-state index contributed by atoms with van der Waals surface area (Å²) in [7, 11) is 0. The second-order valence-corrected chi connectivity index (χ2v) is 5.52. The molecule has 0 saturated carbocycles. The smallest absolute Gasteiger partial charge is 0.0824 e. The molecule has 3 aromatic carbocycles. The highest BCUT2D eigenvalue weighted by Crippen LogP contribution is 2.22. The van der Waals surface area contributed by atoms with Crippen LogP contribution >= 0.6 is 0 Å². The van der Waals surface area contributed by atoms with E-state index in [4.69, 9.17) is 11.5 Å². The van der Waals surface area contributed by atoms with Gasteiger partial charge in [-0.05, 0) is 28.3 Å². The summed E-state index contributed by atoms with van der Waals surface area (Å²) in [4.78, 5) is 0. The van der Waals surface area contributed by atoms with Crippen molar-refractivity contribution < 1.29 is 0 Å². The van der Waals surface area contributed by atoms with Crippen LogP contribution in [0.2, 0.25) is 0 Å². The van der Waals surface area contributed by atoms with Crippen molar-refractivity contribution in [3.63, 3.8) is 0 Å². The topological polar surface area (TPSA) is 64.1 Å². The molecule has 0 heterocycles. The molecule has 1 unspecified atom stereocenters. The Morgan fingerprint density at radius 3 is 1.78 bits per heavy atom. The Kier molecular flexibility index (Phi) is 4.83. The van der Waals surface area contributed by atoms with E-state index in [1.54, 1.807) is 0 Å². The lowest BCUT2D eigenvalue weighted by Crippen LogP contribution is -2.36. The number of rotatable bonds is 5. The van der Waals surface area contributed by atoms with Gasteiger partial charge in [0.2, 0.25) is 0 Å². The molecule has 0 aliphatic carbocycles. The molecule has 0 radical (unpaired) electrons. The normalized spacial score (nSPS) is 13.5. The van der Waals surface area contributed by atoms with E-state index in [9.17, 15) is 0 Å². The van der Waals surface area contributed by atoms with Gasteiger partial charge in [-0.3, -0.25) is 5.32 Å². The third-order valence-corrected chi connectivity index (χ3v) is 3.87. The summed E-state index contributed by atoms with van der Waals surface area (Å²) in [5.41, 5.74) is 16.8. The fourth-order valence-corrected chi connectivity index (χ4v) is 2.59. The molecule has 3 heteroatoms. The van der Waals surface area contributed by atoms with Gasteiger partial charge in [-0.1, -0.05) is 78.9 Å². The Bertz CT molecular complexity index is 741. The van der Waals surface area contributed by atoms with Crippen LogP contribution in [0.25, 0.3) is 11.1 Å². The highest BCUT2D eigenvalue weighted by atomic mass is 15.1. The quantitative estimate of drug-likeness (QED) is 0.631. The van der Waals surface area contributed by atoms with Crippen LogP contribution in [0, 0.1) is 0 Å². The molecular formula is C20H21N3. The van der Waals surface area contributed by atoms with Crippen molar-refractivity contribution in [2.24, 2.45) is 11.5 Å². The first-order valence-corrected chi connectivity index (χ1v) is 7.71. The zero-order valence-corrected chi connectivity index (χ0v) is 12.9. The first-order chi connectivity index (χ1) is 11.2. The monoisotopic (exact) mass is 303 g/mol. The lowest BCUT2D eigenvalue weighted by Gasteiger charge is -2.21. The summed E-state index contributed by atoms with van der Waals surface area (Å²) in [5.74, 6) is 0. The van der Waals surface area contributed by atoms with E-state index in [1.807, 2.05) is 60.7 Å². The largest absolute Gasteiger partial charge is 0.312 e. The molecule has 3 aromatic rings. The summed E-state index contributed by atoms with van der Waals surface area (Å²) < 4.78 is 0. The van der Waals surface area contributed by atoms with Crippen LogP contribution in [0.3, 0.4) is 0 Å². The number of nitrogens with one attached hydrogen (secondary N) is 1. The Hall–Kier alpha value is -2.46. The summed E-state index contributed by atoms with van der Waals surface area (Å²) >= 11 is 0.